The maximum atomic E-state index is 11.4. The zero-order valence-corrected chi connectivity index (χ0v) is 11.1. The second-order valence-electron chi connectivity index (χ2n) is 3.62. The summed E-state index contributed by atoms with van der Waals surface area (Å²) in [6.07, 6.45) is 0. The molecule has 1 aromatic carbocycles. The first-order valence-electron chi connectivity index (χ1n) is 5.95. The van der Waals surface area contributed by atoms with Gasteiger partial charge in [0.05, 0.1) is 16.6 Å². The van der Waals surface area contributed by atoms with Crippen LogP contribution in [0.25, 0.3) is 16.6 Å². The van der Waals surface area contributed by atoms with Crippen LogP contribution in [-0.4, -0.2) is 20.9 Å². The molecule has 4 nitrogen and oxygen atoms in total. The van der Waals surface area contributed by atoms with Crippen molar-refractivity contribution in [1.82, 2.24) is 9.97 Å². The number of ketones is 1. The number of benzene rings is 1. The van der Waals surface area contributed by atoms with E-state index >= 15 is 0 Å². The lowest BCUT2D eigenvalue weighted by atomic mass is 10.1. The van der Waals surface area contributed by atoms with Crippen molar-refractivity contribution in [2.45, 2.75) is 27.7 Å². The SMILES string of the molecule is CC.CC(=O)C(=C(C)O)c1nc2ccccc2[nH]1. The Kier molecular flexibility index (Phi) is 4.66. The number of nitrogens with one attached hydrogen (secondary N) is 1. The summed E-state index contributed by atoms with van der Waals surface area (Å²) >= 11 is 0. The number of carbonyl (C=O) groups is 1. The fourth-order valence-electron chi connectivity index (χ4n) is 1.66. The van der Waals surface area contributed by atoms with Gasteiger partial charge in [-0.2, -0.15) is 0 Å². The molecule has 96 valence electrons. The molecular formula is C14H18N2O2. The first kappa shape index (κ1) is 14.0. The second-order valence-corrected chi connectivity index (χ2v) is 3.62. The highest BCUT2D eigenvalue weighted by Crippen LogP contribution is 2.19. The number of aliphatic hydroxyl groups excluding tert-OH is 1. The number of hydrogen-bond acceptors (Lipinski definition) is 3. The summed E-state index contributed by atoms with van der Waals surface area (Å²) in [5.74, 6) is 0.180. The molecule has 0 aliphatic rings. The molecule has 0 radical (unpaired) electrons. The smallest absolute Gasteiger partial charge is 0.166 e. The molecular weight excluding hydrogens is 228 g/mol. The van der Waals surface area contributed by atoms with Crippen molar-refractivity contribution in [3.05, 3.63) is 35.8 Å². The van der Waals surface area contributed by atoms with E-state index in [1.807, 2.05) is 38.1 Å². The van der Waals surface area contributed by atoms with Gasteiger partial charge in [0.25, 0.3) is 0 Å². The van der Waals surface area contributed by atoms with Crippen molar-refractivity contribution in [1.29, 1.82) is 0 Å². The monoisotopic (exact) mass is 246 g/mol. The summed E-state index contributed by atoms with van der Waals surface area (Å²) in [4.78, 5) is 18.7. The molecule has 18 heavy (non-hydrogen) atoms. The average Bonchev–Trinajstić information content (AvgIpc) is 2.73. The molecule has 0 spiro atoms. The van der Waals surface area contributed by atoms with Crippen LogP contribution in [0, 0.1) is 0 Å². The molecule has 0 bridgehead atoms. The standard InChI is InChI=1S/C12H12N2O2.C2H6/c1-7(15)11(8(2)16)12-13-9-5-3-4-6-10(9)14-12;1-2/h3-6,15H,1-2H3,(H,13,14);1-2H3. The van der Waals surface area contributed by atoms with E-state index in [9.17, 15) is 9.90 Å². The van der Waals surface area contributed by atoms with Crippen LogP contribution >= 0.6 is 0 Å². The molecule has 2 N–H and O–H groups in total. The van der Waals surface area contributed by atoms with E-state index in [0.717, 1.165) is 11.0 Å². The minimum absolute atomic E-state index is 0.0217. The Morgan fingerprint density at radius 1 is 1.22 bits per heavy atom. The van der Waals surface area contributed by atoms with Crippen molar-refractivity contribution >= 4 is 22.4 Å². The molecule has 0 saturated heterocycles. The van der Waals surface area contributed by atoms with Gasteiger partial charge in [0.15, 0.2) is 5.78 Å². The number of fused-ring (bicyclic) bond motifs is 1. The summed E-state index contributed by atoms with van der Waals surface area (Å²) in [7, 11) is 0. The maximum Gasteiger partial charge on any atom is 0.166 e. The number of Topliss-reactive ketones (excluding diaryl/α,β-unsaturated/α-hetero) is 1. The van der Waals surface area contributed by atoms with Crippen LogP contribution in [0.15, 0.2) is 30.0 Å². The Balaban J connectivity index is 0.000000771. The molecule has 0 aliphatic heterocycles. The predicted molar refractivity (Wildman–Crippen MR) is 73.3 cm³/mol. The second kappa shape index (κ2) is 6.00. The number of carbonyl (C=O) groups excluding carboxylic acids is 1. The average molecular weight is 246 g/mol. The Hall–Kier alpha value is -2.10. The minimum Gasteiger partial charge on any atom is -0.512 e. The van der Waals surface area contributed by atoms with Crippen molar-refractivity contribution in [3.8, 4) is 0 Å². The van der Waals surface area contributed by atoms with E-state index in [4.69, 9.17) is 0 Å². The maximum absolute atomic E-state index is 11.4. The van der Waals surface area contributed by atoms with Crippen molar-refractivity contribution in [2.75, 3.05) is 0 Å². The quantitative estimate of drug-likeness (QED) is 0.630. The Morgan fingerprint density at radius 3 is 2.33 bits per heavy atom. The van der Waals surface area contributed by atoms with Crippen LogP contribution < -0.4 is 0 Å². The summed E-state index contributed by atoms with van der Waals surface area (Å²) < 4.78 is 0. The van der Waals surface area contributed by atoms with Gasteiger partial charge < -0.3 is 10.1 Å². The largest absolute Gasteiger partial charge is 0.512 e. The van der Waals surface area contributed by atoms with Gasteiger partial charge in [-0.3, -0.25) is 4.79 Å². The molecule has 0 atom stereocenters. The number of hydrogen-bond donors (Lipinski definition) is 2. The third-order valence-electron chi connectivity index (χ3n) is 2.34. The Morgan fingerprint density at radius 2 is 1.83 bits per heavy atom. The summed E-state index contributed by atoms with van der Waals surface area (Å²) in [6, 6.07) is 7.47. The van der Waals surface area contributed by atoms with E-state index in [2.05, 4.69) is 9.97 Å². The molecule has 2 aromatic rings. The lowest BCUT2D eigenvalue weighted by molar-refractivity contribution is -0.111. The predicted octanol–water partition coefficient (Wildman–Crippen LogP) is 3.47. The van der Waals surface area contributed by atoms with Gasteiger partial charge in [0, 0.05) is 0 Å². The summed E-state index contributed by atoms with van der Waals surface area (Å²) in [5.41, 5.74) is 1.85. The van der Waals surface area contributed by atoms with Crippen LogP contribution in [0.5, 0.6) is 0 Å². The van der Waals surface area contributed by atoms with Gasteiger partial charge in [-0.05, 0) is 26.0 Å². The summed E-state index contributed by atoms with van der Waals surface area (Å²) in [5, 5.41) is 9.46. The van der Waals surface area contributed by atoms with Crippen LogP contribution in [0.2, 0.25) is 0 Å². The number of rotatable bonds is 2. The third-order valence-corrected chi connectivity index (χ3v) is 2.34. The number of allylic oxidation sites excluding steroid dienone is 2. The highest BCUT2D eigenvalue weighted by molar-refractivity contribution is 6.19. The highest BCUT2D eigenvalue weighted by Gasteiger charge is 2.15. The number of imidazole rings is 1. The lowest BCUT2D eigenvalue weighted by Gasteiger charge is -1.99. The van der Waals surface area contributed by atoms with Crippen LogP contribution in [0.3, 0.4) is 0 Å². The minimum atomic E-state index is -0.209. The van der Waals surface area contributed by atoms with E-state index in [0.29, 0.717) is 5.82 Å². The number of aromatic amines is 1. The number of para-hydroxylation sites is 2. The lowest BCUT2D eigenvalue weighted by Crippen LogP contribution is -2.01. The molecule has 1 heterocycles. The van der Waals surface area contributed by atoms with E-state index < -0.39 is 0 Å². The Labute approximate surface area is 106 Å². The zero-order valence-electron chi connectivity index (χ0n) is 11.1. The molecule has 0 amide bonds. The first-order chi connectivity index (χ1) is 8.59. The summed E-state index contributed by atoms with van der Waals surface area (Å²) in [6.45, 7) is 6.88. The first-order valence-corrected chi connectivity index (χ1v) is 5.95. The van der Waals surface area contributed by atoms with Gasteiger partial charge in [-0.1, -0.05) is 26.0 Å². The van der Waals surface area contributed by atoms with Crippen LogP contribution in [0.4, 0.5) is 0 Å². The Bertz CT molecular complexity index is 545. The molecule has 0 fully saturated rings. The van der Waals surface area contributed by atoms with Crippen molar-refractivity contribution in [3.63, 3.8) is 0 Å². The van der Waals surface area contributed by atoms with Crippen LogP contribution in [0.1, 0.15) is 33.5 Å². The normalized spacial score (nSPS) is 11.6. The van der Waals surface area contributed by atoms with Gasteiger partial charge in [0.2, 0.25) is 0 Å². The van der Waals surface area contributed by atoms with Crippen molar-refractivity contribution < 1.29 is 9.90 Å². The number of aromatic nitrogens is 2. The fraction of sp³-hybridized carbons (Fsp3) is 0.286. The van der Waals surface area contributed by atoms with Gasteiger partial charge in [0.1, 0.15) is 11.6 Å². The number of nitrogens with zero attached hydrogens (tertiary/aromatic N) is 1. The molecule has 2 rings (SSSR count). The topological polar surface area (TPSA) is 66.0 Å². The van der Waals surface area contributed by atoms with Crippen LogP contribution in [-0.2, 0) is 4.79 Å². The van der Waals surface area contributed by atoms with E-state index in [1.165, 1.54) is 13.8 Å². The molecule has 0 unspecified atom stereocenters. The van der Waals surface area contributed by atoms with Crippen molar-refractivity contribution in [2.24, 2.45) is 0 Å². The van der Waals surface area contributed by atoms with Gasteiger partial charge in [-0.25, -0.2) is 4.98 Å². The molecule has 1 aromatic heterocycles. The molecule has 4 heteroatoms. The van der Waals surface area contributed by atoms with Gasteiger partial charge in [-0.15, -0.1) is 0 Å². The van der Waals surface area contributed by atoms with E-state index in [-0.39, 0.29) is 17.1 Å². The molecule has 0 saturated carbocycles. The van der Waals surface area contributed by atoms with Gasteiger partial charge >= 0.3 is 0 Å². The third kappa shape index (κ3) is 2.77. The molecule has 0 aliphatic carbocycles. The number of aliphatic hydroxyl groups is 1. The van der Waals surface area contributed by atoms with E-state index in [1.54, 1.807) is 0 Å². The zero-order chi connectivity index (χ0) is 13.7. The number of H-pyrrole nitrogens is 1. The highest BCUT2D eigenvalue weighted by atomic mass is 16.3. The fourth-order valence-corrected chi connectivity index (χ4v) is 1.66.